The van der Waals surface area contributed by atoms with E-state index in [2.05, 4.69) is 17.0 Å². The highest BCUT2D eigenvalue weighted by molar-refractivity contribution is 6.00. The summed E-state index contributed by atoms with van der Waals surface area (Å²) in [4.78, 5) is 36.6. The molecule has 1 atom stereocenters. The van der Waals surface area contributed by atoms with Gasteiger partial charge in [-0.15, -0.1) is 0 Å². The standard InChI is InChI=1S/C26H26N4O4/c31-25-15-19(17-30(25)20-6-7-22-23(16-20)34-14-13-33-22)26(32)29-11-9-28(10-12-29)24-8-5-18-3-1-2-4-21(18)27-24/h1-8,16,19H,9-15,17H2. The molecule has 1 unspecified atom stereocenters. The van der Waals surface area contributed by atoms with Crippen LogP contribution in [0.3, 0.4) is 0 Å². The first-order valence-electron chi connectivity index (χ1n) is 11.8. The predicted octanol–water partition coefficient (Wildman–Crippen LogP) is 2.71. The van der Waals surface area contributed by atoms with E-state index in [9.17, 15) is 9.59 Å². The normalized spacial score (nSPS) is 20.2. The highest BCUT2D eigenvalue weighted by Crippen LogP contribution is 2.36. The van der Waals surface area contributed by atoms with E-state index < -0.39 is 0 Å². The Kier molecular flexibility index (Phi) is 5.20. The zero-order valence-corrected chi connectivity index (χ0v) is 18.9. The van der Waals surface area contributed by atoms with Gasteiger partial charge in [0.1, 0.15) is 19.0 Å². The molecule has 3 aromatic rings. The fourth-order valence-electron chi connectivity index (χ4n) is 4.97. The second-order valence-electron chi connectivity index (χ2n) is 8.91. The van der Waals surface area contributed by atoms with Crippen LogP contribution in [0.15, 0.2) is 54.6 Å². The van der Waals surface area contributed by atoms with Gasteiger partial charge in [0.2, 0.25) is 11.8 Å². The van der Waals surface area contributed by atoms with Gasteiger partial charge in [-0.1, -0.05) is 18.2 Å². The smallest absolute Gasteiger partial charge is 0.228 e. The van der Waals surface area contributed by atoms with E-state index in [1.54, 1.807) is 4.90 Å². The Morgan fingerprint density at radius 3 is 2.56 bits per heavy atom. The molecule has 2 saturated heterocycles. The van der Waals surface area contributed by atoms with Crippen LogP contribution in [0.1, 0.15) is 6.42 Å². The summed E-state index contributed by atoms with van der Waals surface area (Å²) in [6.45, 7) is 4.11. The molecule has 8 heteroatoms. The lowest BCUT2D eigenvalue weighted by molar-refractivity contribution is -0.136. The average Bonchev–Trinajstić information content (AvgIpc) is 3.29. The number of fused-ring (bicyclic) bond motifs is 2. The maximum atomic E-state index is 13.2. The highest BCUT2D eigenvalue weighted by Gasteiger charge is 2.38. The quantitative estimate of drug-likeness (QED) is 0.601. The SMILES string of the molecule is O=C(C1CC(=O)N(c2ccc3c(c2)OCCO3)C1)N1CCN(c2ccc3ccccc3n2)CC1. The maximum Gasteiger partial charge on any atom is 0.228 e. The summed E-state index contributed by atoms with van der Waals surface area (Å²) < 4.78 is 11.2. The first-order chi connectivity index (χ1) is 16.7. The molecule has 0 radical (unpaired) electrons. The van der Waals surface area contributed by atoms with Crippen LogP contribution >= 0.6 is 0 Å². The molecule has 3 aliphatic rings. The average molecular weight is 459 g/mol. The van der Waals surface area contributed by atoms with Crippen molar-refractivity contribution in [1.82, 2.24) is 9.88 Å². The van der Waals surface area contributed by atoms with Gasteiger partial charge in [-0.2, -0.15) is 0 Å². The Morgan fingerprint density at radius 1 is 0.912 bits per heavy atom. The molecule has 34 heavy (non-hydrogen) atoms. The number of ether oxygens (including phenoxy) is 2. The van der Waals surface area contributed by atoms with Crippen LogP contribution in [0.5, 0.6) is 11.5 Å². The summed E-state index contributed by atoms with van der Waals surface area (Å²) in [5.74, 6) is 1.96. The minimum atomic E-state index is -0.328. The van der Waals surface area contributed by atoms with Crippen molar-refractivity contribution < 1.29 is 19.1 Å². The summed E-state index contributed by atoms with van der Waals surface area (Å²) in [5.41, 5.74) is 1.72. The topological polar surface area (TPSA) is 75.2 Å². The van der Waals surface area contributed by atoms with Gasteiger partial charge in [-0.25, -0.2) is 4.98 Å². The Labute approximate surface area is 197 Å². The van der Waals surface area contributed by atoms with Crippen molar-refractivity contribution in [2.45, 2.75) is 6.42 Å². The first kappa shape index (κ1) is 20.8. The summed E-state index contributed by atoms with van der Waals surface area (Å²) >= 11 is 0. The summed E-state index contributed by atoms with van der Waals surface area (Å²) in [6, 6.07) is 17.7. The molecule has 174 valence electrons. The molecule has 0 saturated carbocycles. The third-order valence-corrected chi connectivity index (χ3v) is 6.81. The second-order valence-corrected chi connectivity index (χ2v) is 8.91. The van der Waals surface area contributed by atoms with Crippen molar-refractivity contribution in [2.75, 3.05) is 55.7 Å². The summed E-state index contributed by atoms with van der Waals surface area (Å²) in [7, 11) is 0. The number of hydrogen-bond donors (Lipinski definition) is 0. The van der Waals surface area contributed by atoms with Gasteiger partial charge in [-0.05, 0) is 30.3 Å². The van der Waals surface area contributed by atoms with E-state index in [1.807, 2.05) is 47.4 Å². The van der Waals surface area contributed by atoms with E-state index in [0.717, 1.165) is 35.5 Å². The van der Waals surface area contributed by atoms with E-state index in [-0.39, 0.29) is 24.2 Å². The number of aromatic nitrogens is 1. The zero-order chi connectivity index (χ0) is 23.1. The molecule has 1 aromatic heterocycles. The number of hydrogen-bond acceptors (Lipinski definition) is 6. The van der Waals surface area contributed by atoms with Gasteiger partial charge in [-0.3, -0.25) is 9.59 Å². The fourth-order valence-corrected chi connectivity index (χ4v) is 4.97. The molecule has 2 fully saturated rings. The molecule has 0 bridgehead atoms. The first-order valence-corrected chi connectivity index (χ1v) is 11.8. The molecule has 2 aromatic carbocycles. The van der Waals surface area contributed by atoms with Crippen LogP contribution in [0.25, 0.3) is 10.9 Å². The monoisotopic (exact) mass is 458 g/mol. The van der Waals surface area contributed by atoms with Crippen molar-refractivity contribution in [2.24, 2.45) is 5.92 Å². The third-order valence-electron chi connectivity index (χ3n) is 6.81. The number of pyridine rings is 1. The van der Waals surface area contributed by atoms with E-state index >= 15 is 0 Å². The lowest BCUT2D eigenvalue weighted by Gasteiger charge is -2.36. The Hall–Kier alpha value is -3.81. The molecule has 3 aliphatic heterocycles. The Morgan fingerprint density at radius 2 is 1.71 bits per heavy atom. The van der Waals surface area contributed by atoms with Crippen LogP contribution < -0.4 is 19.3 Å². The highest BCUT2D eigenvalue weighted by atomic mass is 16.6. The number of anilines is 2. The lowest BCUT2D eigenvalue weighted by Crippen LogP contribution is -2.51. The van der Waals surface area contributed by atoms with Crippen molar-refractivity contribution >= 4 is 34.2 Å². The van der Waals surface area contributed by atoms with Gasteiger partial charge < -0.3 is 24.2 Å². The maximum absolute atomic E-state index is 13.2. The van der Waals surface area contributed by atoms with E-state index in [1.165, 1.54) is 0 Å². The van der Waals surface area contributed by atoms with Gasteiger partial charge in [0, 0.05) is 56.3 Å². The van der Waals surface area contributed by atoms with Gasteiger partial charge in [0.15, 0.2) is 11.5 Å². The molecule has 2 amide bonds. The largest absolute Gasteiger partial charge is 0.486 e. The van der Waals surface area contributed by atoms with Crippen LogP contribution in [0.2, 0.25) is 0 Å². The van der Waals surface area contributed by atoms with E-state index in [0.29, 0.717) is 44.3 Å². The van der Waals surface area contributed by atoms with Crippen molar-refractivity contribution in [3.63, 3.8) is 0 Å². The Balaban J connectivity index is 1.09. The van der Waals surface area contributed by atoms with Gasteiger partial charge >= 0.3 is 0 Å². The number of carbonyl (C=O) groups is 2. The molecular weight excluding hydrogens is 432 g/mol. The molecule has 0 N–H and O–H groups in total. The van der Waals surface area contributed by atoms with Crippen molar-refractivity contribution in [3.05, 3.63) is 54.6 Å². The van der Waals surface area contributed by atoms with Crippen LogP contribution in [0, 0.1) is 5.92 Å². The second kappa shape index (κ2) is 8.52. The van der Waals surface area contributed by atoms with E-state index in [4.69, 9.17) is 14.5 Å². The molecule has 0 spiro atoms. The van der Waals surface area contributed by atoms with Crippen molar-refractivity contribution in [3.8, 4) is 11.5 Å². The minimum absolute atomic E-state index is 0.0333. The predicted molar refractivity (Wildman–Crippen MR) is 128 cm³/mol. The van der Waals surface area contributed by atoms with Gasteiger partial charge in [0.25, 0.3) is 0 Å². The lowest BCUT2D eigenvalue weighted by atomic mass is 10.1. The Bertz CT molecular complexity index is 1250. The number of rotatable bonds is 3. The third kappa shape index (κ3) is 3.79. The van der Waals surface area contributed by atoms with Crippen LogP contribution in [-0.2, 0) is 9.59 Å². The zero-order valence-electron chi connectivity index (χ0n) is 18.9. The summed E-state index contributed by atoms with van der Waals surface area (Å²) in [6.07, 6.45) is 0.236. The number of carbonyl (C=O) groups excluding carboxylic acids is 2. The summed E-state index contributed by atoms with van der Waals surface area (Å²) in [5, 5.41) is 1.12. The number of para-hydroxylation sites is 1. The molecular formula is C26H26N4O4. The molecule has 0 aliphatic carbocycles. The van der Waals surface area contributed by atoms with Crippen molar-refractivity contribution in [1.29, 1.82) is 0 Å². The number of amides is 2. The fraction of sp³-hybridized carbons (Fsp3) is 0.346. The molecule has 4 heterocycles. The minimum Gasteiger partial charge on any atom is -0.486 e. The molecule has 6 rings (SSSR count). The molecule has 8 nitrogen and oxygen atoms in total. The van der Waals surface area contributed by atoms with Crippen LogP contribution in [-0.4, -0.2) is 67.6 Å². The number of benzene rings is 2. The van der Waals surface area contributed by atoms with Gasteiger partial charge in [0.05, 0.1) is 11.4 Å². The number of piperazine rings is 1. The number of nitrogens with zero attached hydrogens (tertiary/aromatic N) is 4. The van der Waals surface area contributed by atoms with Crippen LogP contribution in [0.4, 0.5) is 11.5 Å².